The molecule has 6 heteroatoms. The number of fused-ring (bicyclic) bond motifs is 1. The van der Waals surface area contributed by atoms with Gasteiger partial charge in [-0.25, -0.2) is 10.1 Å². The Morgan fingerprint density at radius 2 is 1.93 bits per heavy atom. The number of hydrogen-bond donors (Lipinski definition) is 1. The molecule has 0 spiro atoms. The molecule has 0 saturated heterocycles. The first kappa shape index (κ1) is 19.5. The monoisotopic (exact) mass is 375 g/mol. The van der Waals surface area contributed by atoms with Gasteiger partial charge in [0.15, 0.2) is 0 Å². The lowest BCUT2D eigenvalue weighted by Crippen LogP contribution is -2.19. The van der Waals surface area contributed by atoms with Crippen molar-refractivity contribution in [3.63, 3.8) is 0 Å². The molecule has 3 rings (SSSR count). The van der Waals surface area contributed by atoms with E-state index in [1.54, 1.807) is 10.9 Å². The Labute approximate surface area is 165 Å². The first-order chi connectivity index (χ1) is 13.5. The summed E-state index contributed by atoms with van der Waals surface area (Å²) in [6, 6.07) is 16.1. The second kappa shape index (κ2) is 9.08. The fourth-order valence-corrected chi connectivity index (χ4v) is 2.83. The van der Waals surface area contributed by atoms with Crippen LogP contribution in [0.15, 0.2) is 59.2 Å². The maximum absolute atomic E-state index is 12.0. The average Bonchev–Trinajstić information content (AvgIpc) is 3.10. The van der Waals surface area contributed by atoms with Crippen LogP contribution >= 0.6 is 0 Å². The van der Waals surface area contributed by atoms with Gasteiger partial charge in [-0.2, -0.15) is 5.10 Å². The smallest absolute Gasteiger partial charge is 0.241 e. The number of para-hydroxylation sites is 1. The Balaban J connectivity index is 1.50. The van der Waals surface area contributed by atoms with Gasteiger partial charge >= 0.3 is 0 Å². The molecule has 3 aromatic rings. The van der Waals surface area contributed by atoms with Gasteiger partial charge in [0.1, 0.15) is 5.52 Å². The first-order valence-corrected chi connectivity index (χ1v) is 9.41. The third-order valence-electron chi connectivity index (χ3n) is 4.43. The van der Waals surface area contributed by atoms with E-state index in [1.165, 1.54) is 5.56 Å². The van der Waals surface area contributed by atoms with Crippen molar-refractivity contribution in [2.45, 2.75) is 39.7 Å². The van der Waals surface area contributed by atoms with Crippen LogP contribution in [0.5, 0.6) is 0 Å². The minimum atomic E-state index is -0.162. The summed E-state index contributed by atoms with van der Waals surface area (Å²) in [5.74, 6) is 0.358. The van der Waals surface area contributed by atoms with Gasteiger partial charge in [-0.15, -0.1) is 5.10 Å². The van der Waals surface area contributed by atoms with Crippen molar-refractivity contribution in [1.29, 1.82) is 0 Å². The Hall–Kier alpha value is -3.28. The SMILES string of the molecule is CC(/C=N/NC(=O)CCn1nnc2ccccc21)=C\c1ccc(C(C)C)cc1. The number of benzene rings is 2. The van der Waals surface area contributed by atoms with Crippen molar-refractivity contribution in [3.05, 3.63) is 65.2 Å². The normalized spacial score (nSPS) is 12.2. The largest absolute Gasteiger partial charge is 0.273 e. The third-order valence-corrected chi connectivity index (χ3v) is 4.43. The van der Waals surface area contributed by atoms with Crippen LogP contribution in [0.4, 0.5) is 0 Å². The number of allylic oxidation sites excluding steroid dienone is 1. The lowest BCUT2D eigenvalue weighted by molar-refractivity contribution is -0.121. The fourth-order valence-electron chi connectivity index (χ4n) is 2.83. The Kier molecular flexibility index (Phi) is 6.32. The van der Waals surface area contributed by atoms with E-state index < -0.39 is 0 Å². The molecule has 1 aromatic heterocycles. The topological polar surface area (TPSA) is 72.2 Å². The second-order valence-corrected chi connectivity index (χ2v) is 7.05. The number of nitrogens with zero attached hydrogens (tertiary/aromatic N) is 4. The van der Waals surface area contributed by atoms with Crippen LogP contribution in [0.1, 0.15) is 44.2 Å². The highest BCUT2D eigenvalue weighted by Gasteiger charge is 2.06. The van der Waals surface area contributed by atoms with Crippen LogP contribution in [0.2, 0.25) is 0 Å². The molecule has 0 aliphatic heterocycles. The van der Waals surface area contributed by atoms with Crippen LogP contribution in [-0.2, 0) is 11.3 Å². The van der Waals surface area contributed by atoms with Gasteiger partial charge in [-0.05, 0) is 41.7 Å². The van der Waals surface area contributed by atoms with Crippen LogP contribution < -0.4 is 5.43 Å². The number of rotatable bonds is 7. The first-order valence-electron chi connectivity index (χ1n) is 9.41. The summed E-state index contributed by atoms with van der Waals surface area (Å²) in [6.07, 6.45) is 3.96. The van der Waals surface area contributed by atoms with Crippen molar-refractivity contribution in [3.8, 4) is 0 Å². The molecule has 1 heterocycles. The van der Waals surface area contributed by atoms with Gasteiger partial charge in [0, 0.05) is 6.42 Å². The molecule has 0 aliphatic carbocycles. The molecule has 1 amide bonds. The number of carbonyl (C=O) groups excluding carboxylic acids is 1. The number of hydrazone groups is 1. The molecule has 0 fully saturated rings. The maximum atomic E-state index is 12.0. The molecule has 0 atom stereocenters. The standard InChI is InChI=1S/C22H25N5O/c1-16(2)19-10-8-18(9-11-19)14-17(3)15-23-25-22(28)12-13-27-21-7-5-4-6-20(21)24-26-27/h4-11,14-16H,12-13H2,1-3H3,(H,25,28)/b17-14+,23-15+. The highest BCUT2D eigenvalue weighted by atomic mass is 16.2. The summed E-state index contributed by atoms with van der Waals surface area (Å²) < 4.78 is 1.73. The van der Waals surface area contributed by atoms with Crippen molar-refractivity contribution in [1.82, 2.24) is 20.4 Å². The van der Waals surface area contributed by atoms with E-state index >= 15 is 0 Å². The van der Waals surface area contributed by atoms with Gasteiger partial charge in [0.2, 0.25) is 5.91 Å². The molecule has 2 aromatic carbocycles. The molecule has 0 saturated carbocycles. The lowest BCUT2D eigenvalue weighted by atomic mass is 10.0. The van der Waals surface area contributed by atoms with E-state index in [4.69, 9.17) is 0 Å². The van der Waals surface area contributed by atoms with Gasteiger partial charge in [-0.3, -0.25) is 4.79 Å². The molecule has 0 radical (unpaired) electrons. The Bertz CT molecular complexity index is 999. The predicted molar refractivity (Wildman–Crippen MR) is 113 cm³/mol. The second-order valence-electron chi connectivity index (χ2n) is 7.05. The average molecular weight is 375 g/mol. The molecule has 28 heavy (non-hydrogen) atoms. The van der Waals surface area contributed by atoms with Crippen molar-refractivity contribution >= 4 is 29.2 Å². The quantitative estimate of drug-likeness (QED) is 0.498. The molecule has 1 N–H and O–H groups in total. The van der Waals surface area contributed by atoms with Crippen LogP contribution in [0, 0.1) is 0 Å². The summed E-state index contributed by atoms with van der Waals surface area (Å²) in [7, 11) is 0. The fraction of sp³-hybridized carbons (Fsp3) is 0.273. The van der Waals surface area contributed by atoms with E-state index in [9.17, 15) is 4.79 Å². The van der Waals surface area contributed by atoms with Crippen molar-refractivity contribution in [2.24, 2.45) is 5.10 Å². The van der Waals surface area contributed by atoms with Gasteiger partial charge in [0.05, 0.1) is 18.3 Å². The zero-order valence-electron chi connectivity index (χ0n) is 16.5. The molecule has 0 unspecified atom stereocenters. The summed E-state index contributed by atoms with van der Waals surface area (Å²) in [5, 5.41) is 12.2. The van der Waals surface area contributed by atoms with Gasteiger partial charge in [0.25, 0.3) is 0 Å². The lowest BCUT2D eigenvalue weighted by Gasteiger charge is -2.05. The highest BCUT2D eigenvalue weighted by molar-refractivity contribution is 5.86. The molecular weight excluding hydrogens is 350 g/mol. The number of amides is 1. The van der Waals surface area contributed by atoms with E-state index in [-0.39, 0.29) is 12.3 Å². The Morgan fingerprint density at radius 1 is 1.18 bits per heavy atom. The van der Waals surface area contributed by atoms with Gasteiger partial charge < -0.3 is 0 Å². The molecular formula is C22H25N5O. The number of nitrogens with one attached hydrogen (secondary N) is 1. The van der Waals surface area contributed by atoms with E-state index in [0.717, 1.165) is 22.2 Å². The minimum absolute atomic E-state index is 0.162. The summed E-state index contributed by atoms with van der Waals surface area (Å²) in [6.45, 7) is 6.76. The summed E-state index contributed by atoms with van der Waals surface area (Å²) >= 11 is 0. The Morgan fingerprint density at radius 3 is 2.68 bits per heavy atom. The number of aryl methyl sites for hydroxylation is 1. The number of aromatic nitrogens is 3. The highest BCUT2D eigenvalue weighted by Crippen LogP contribution is 2.16. The zero-order chi connectivity index (χ0) is 19.9. The zero-order valence-corrected chi connectivity index (χ0v) is 16.5. The molecule has 6 nitrogen and oxygen atoms in total. The van der Waals surface area contributed by atoms with Crippen LogP contribution in [0.25, 0.3) is 17.1 Å². The molecule has 144 valence electrons. The molecule has 0 bridgehead atoms. The minimum Gasteiger partial charge on any atom is -0.273 e. The maximum Gasteiger partial charge on any atom is 0.241 e. The number of hydrogen-bond acceptors (Lipinski definition) is 4. The van der Waals surface area contributed by atoms with Crippen LogP contribution in [0.3, 0.4) is 0 Å². The van der Waals surface area contributed by atoms with E-state index in [1.807, 2.05) is 37.3 Å². The summed E-state index contributed by atoms with van der Waals surface area (Å²) in [5.41, 5.74) is 7.68. The van der Waals surface area contributed by atoms with E-state index in [0.29, 0.717) is 12.5 Å². The van der Waals surface area contributed by atoms with E-state index in [2.05, 4.69) is 59.0 Å². The third kappa shape index (κ3) is 5.13. The van der Waals surface area contributed by atoms with Crippen molar-refractivity contribution < 1.29 is 4.79 Å². The molecule has 0 aliphatic rings. The number of carbonyl (C=O) groups is 1. The predicted octanol–water partition coefficient (Wildman–Crippen LogP) is 4.15. The van der Waals surface area contributed by atoms with Crippen LogP contribution in [-0.4, -0.2) is 27.1 Å². The summed E-state index contributed by atoms with van der Waals surface area (Å²) in [4.78, 5) is 12.0. The van der Waals surface area contributed by atoms with Crippen molar-refractivity contribution in [2.75, 3.05) is 0 Å². The van der Waals surface area contributed by atoms with Gasteiger partial charge in [-0.1, -0.05) is 61.5 Å².